The summed E-state index contributed by atoms with van der Waals surface area (Å²) < 4.78 is 0. The lowest BCUT2D eigenvalue weighted by atomic mass is 10.0. The van der Waals surface area contributed by atoms with E-state index in [0.29, 0.717) is 6.42 Å². The van der Waals surface area contributed by atoms with E-state index < -0.39 is 6.23 Å². The van der Waals surface area contributed by atoms with Gasteiger partial charge in [0, 0.05) is 6.42 Å². The van der Waals surface area contributed by atoms with Gasteiger partial charge in [0.2, 0.25) is 0 Å². The first-order valence-corrected chi connectivity index (χ1v) is 10.3. The molecule has 4 heteroatoms. The molecule has 0 spiro atoms. The average Bonchev–Trinajstić information content (AvgIpc) is 2.56. The maximum Gasteiger partial charge on any atom is 0.324 e. The van der Waals surface area contributed by atoms with E-state index >= 15 is 0 Å². The molecule has 1 atom stereocenters. The van der Waals surface area contributed by atoms with Crippen molar-refractivity contribution < 1.29 is 14.7 Å². The first-order valence-electron chi connectivity index (χ1n) is 10.3. The van der Waals surface area contributed by atoms with Crippen LogP contribution in [0.15, 0.2) is 0 Å². The normalized spacial score (nSPS) is 12.3. The van der Waals surface area contributed by atoms with Crippen LogP contribution in [0.2, 0.25) is 0 Å². The van der Waals surface area contributed by atoms with Crippen LogP contribution in [0, 0.1) is 0 Å². The zero-order chi connectivity index (χ0) is 17.9. The fourth-order valence-electron chi connectivity index (χ4n) is 2.84. The van der Waals surface area contributed by atoms with Crippen molar-refractivity contribution in [2.24, 2.45) is 0 Å². The van der Waals surface area contributed by atoms with Crippen molar-refractivity contribution in [3.05, 3.63) is 0 Å². The molecule has 0 fully saturated rings. The molecule has 0 aliphatic heterocycles. The molecule has 2 N–H and O–H groups in total. The van der Waals surface area contributed by atoms with E-state index in [0.717, 1.165) is 12.8 Å². The molecule has 0 heterocycles. The second kappa shape index (κ2) is 18.7. The topological polar surface area (TPSA) is 58.6 Å². The fraction of sp³-hybridized carbons (Fsp3) is 0.950. The third-order valence-electron chi connectivity index (χ3n) is 4.33. The number of aliphatic hydroxyl groups excluding tert-OH is 1. The number of aliphatic hydroxyl groups is 1. The van der Waals surface area contributed by atoms with Gasteiger partial charge in [0.1, 0.15) is 6.23 Å². The van der Waals surface area contributed by atoms with Crippen LogP contribution in [0.25, 0.3) is 0 Å². The number of carbonyl (C=O) groups is 1. The maximum atomic E-state index is 11.3. The number of hydrogen-bond donors (Lipinski definition) is 2. The Kier molecular flexibility index (Phi) is 18.2. The lowest BCUT2D eigenvalue weighted by molar-refractivity contribution is -0.158. The number of hydroxylamine groups is 1. The average molecular weight is 344 g/mol. The summed E-state index contributed by atoms with van der Waals surface area (Å²) in [6.07, 6.45) is 19.4. The summed E-state index contributed by atoms with van der Waals surface area (Å²) in [6.45, 7) is 3.78. The van der Waals surface area contributed by atoms with Gasteiger partial charge in [-0.05, 0) is 13.3 Å². The Morgan fingerprint density at radius 2 is 1.17 bits per heavy atom. The first-order chi connectivity index (χ1) is 11.7. The van der Waals surface area contributed by atoms with Crippen LogP contribution in [0.1, 0.15) is 117 Å². The van der Waals surface area contributed by atoms with Gasteiger partial charge < -0.3 is 9.94 Å². The molecule has 0 aromatic heterocycles. The Hall–Kier alpha value is -0.610. The van der Waals surface area contributed by atoms with E-state index in [1.54, 1.807) is 0 Å². The smallest absolute Gasteiger partial charge is 0.324 e. The van der Waals surface area contributed by atoms with Crippen LogP contribution in [0.4, 0.5) is 0 Å². The summed E-state index contributed by atoms with van der Waals surface area (Å²) in [5.41, 5.74) is 2.25. The minimum Gasteiger partial charge on any atom is -0.376 e. The minimum atomic E-state index is -0.810. The largest absolute Gasteiger partial charge is 0.376 e. The van der Waals surface area contributed by atoms with Gasteiger partial charge in [-0.25, -0.2) is 0 Å². The third kappa shape index (κ3) is 19.4. The van der Waals surface area contributed by atoms with Crippen molar-refractivity contribution in [1.82, 2.24) is 5.48 Å². The number of unbranched alkanes of at least 4 members (excludes halogenated alkanes) is 14. The van der Waals surface area contributed by atoms with Crippen molar-refractivity contribution in [2.45, 2.75) is 123 Å². The summed E-state index contributed by atoms with van der Waals surface area (Å²) in [7, 11) is 0. The van der Waals surface area contributed by atoms with E-state index in [4.69, 9.17) is 5.11 Å². The molecule has 0 bridgehead atoms. The standard InChI is InChI=1S/C20H41NO3/c1-3-4-5-6-7-8-9-10-11-12-13-14-15-16-17-18-20(23)24-21-19(2)22/h19,21-22H,3-18H2,1-2H3. The van der Waals surface area contributed by atoms with Gasteiger partial charge in [0.15, 0.2) is 0 Å². The molecule has 0 amide bonds. The predicted octanol–water partition coefficient (Wildman–Crippen LogP) is 5.63. The van der Waals surface area contributed by atoms with Crippen LogP contribution in [0.5, 0.6) is 0 Å². The Labute approximate surface area is 149 Å². The summed E-state index contributed by atoms with van der Waals surface area (Å²) in [6, 6.07) is 0. The molecule has 0 aliphatic rings. The number of nitrogens with one attached hydrogen (secondary N) is 1. The van der Waals surface area contributed by atoms with Crippen molar-refractivity contribution in [3.63, 3.8) is 0 Å². The van der Waals surface area contributed by atoms with Crippen molar-refractivity contribution in [3.8, 4) is 0 Å². The summed E-state index contributed by atoms with van der Waals surface area (Å²) >= 11 is 0. The molecule has 1 unspecified atom stereocenters. The van der Waals surface area contributed by atoms with Gasteiger partial charge in [0.25, 0.3) is 0 Å². The van der Waals surface area contributed by atoms with Crippen molar-refractivity contribution in [1.29, 1.82) is 0 Å². The van der Waals surface area contributed by atoms with Crippen LogP contribution in [0.3, 0.4) is 0 Å². The lowest BCUT2D eigenvalue weighted by Gasteiger charge is -2.07. The van der Waals surface area contributed by atoms with Gasteiger partial charge in [-0.2, -0.15) is 0 Å². The second-order valence-corrected chi connectivity index (χ2v) is 6.97. The highest BCUT2D eigenvalue weighted by Gasteiger charge is 2.04. The lowest BCUT2D eigenvalue weighted by Crippen LogP contribution is -2.28. The monoisotopic (exact) mass is 343 g/mol. The number of rotatable bonds is 18. The van der Waals surface area contributed by atoms with Gasteiger partial charge >= 0.3 is 5.97 Å². The minimum absolute atomic E-state index is 0.286. The zero-order valence-electron chi connectivity index (χ0n) is 16.2. The van der Waals surface area contributed by atoms with Crippen molar-refractivity contribution in [2.75, 3.05) is 0 Å². The van der Waals surface area contributed by atoms with Crippen molar-refractivity contribution >= 4 is 5.97 Å². The van der Waals surface area contributed by atoms with Crippen LogP contribution < -0.4 is 5.48 Å². The van der Waals surface area contributed by atoms with Crippen LogP contribution >= 0.6 is 0 Å². The number of hydrogen-bond acceptors (Lipinski definition) is 4. The zero-order valence-corrected chi connectivity index (χ0v) is 16.2. The molecule has 24 heavy (non-hydrogen) atoms. The Morgan fingerprint density at radius 3 is 1.54 bits per heavy atom. The quantitative estimate of drug-likeness (QED) is 0.192. The van der Waals surface area contributed by atoms with E-state index in [-0.39, 0.29) is 5.97 Å². The second-order valence-electron chi connectivity index (χ2n) is 6.97. The van der Waals surface area contributed by atoms with E-state index in [1.165, 1.54) is 90.4 Å². The molecule has 0 aliphatic carbocycles. The molecular formula is C20H41NO3. The SMILES string of the molecule is CCCCCCCCCCCCCCCCCC(=O)ONC(C)O. The maximum absolute atomic E-state index is 11.3. The molecule has 0 aromatic rings. The first kappa shape index (κ1) is 23.4. The Balaban J connectivity index is 3.08. The Morgan fingerprint density at radius 1 is 0.792 bits per heavy atom. The summed E-state index contributed by atoms with van der Waals surface area (Å²) in [4.78, 5) is 16.0. The summed E-state index contributed by atoms with van der Waals surface area (Å²) in [5.74, 6) is -0.286. The highest BCUT2D eigenvalue weighted by Crippen LogP contribution is 2.13. The number of carbonyl (C=O) groups excluding carboxylic acids is 1. The Bertz CT molecular complexity index is 270. The highest BCUT2D eigenvalue weighted by atomic mass is 16.7. The molecule has 0 saturated heterocycles. The molecule has 4 nitrogen and oxygen atoms in total. The molecular weight excluding hydrogens is 302 g/mol. The van der Waals surface area contributed by atoms with Gasteiger partial charge in [0.05, 0.1) is 0 Å². The molecule has 144 valence electrons. The summed E-state index contributed by atoms with van der Waals surface area (Å²) in [5, 5.41) is 8.92. The van der Waals surface area contributed by atoms with Crippen LogP contribution in [-0.4, -0.2) is 17.3 Å². The van der Waals surface area contributed by atoms with Gasteiger partial charge in [-0.3, -0.25) is 4.79 Å². The van der Waals surface area contributed by atoms with E-state index in [2.05, 4.69) is 17.2 Å². The predicted molar refractivity (Wildman–Crippen MR) is 100 cm³/mol. The van der Waals surface area contributed by atoms with E-state index in [1.807, 2.05) is 0 Å². The van der Waals surface area contributed by atoms with E-state index in [9.17, 15) is 4.79 Å². The third-order valence-corrected chi connectivity index (χ3v) is 4.33. The fourth-order valence-corrected chi connectivity index (χ4v) is 2.84. The van der Waals surface area contributed by atoms with Gasteiger partial charge in [-0.1, -0.05) is 96.8 Å². The van der Waals surface area contributed by atoms with Crippen LogP contribution in [-0.2, 0) is 9.63 Å². The van der Waals surface area contributed by atoms with Gasteiger partial charge in [-0.15, -0.1) is 5.48 Å². The molecule has 0 rings (SSSR count). The molecule has 0 aromatic carbocycles. The highest BCUT2D eigenvalue weighted by molar-refractivity contribution is 5.68. The molecule has 0 saturated carbocycles. The molecule has 0 radical (unpaired) electrons.